The Morgan fingerprint density at radius 1 is 1.19 bits per heavy atom. The lowest BCUT2D eigenvalue weighted by molar-refractivity contribution is -0.127. The fourth-order valence-electron chi connectivity index (χ4n) is 4.08. The molecular weight excluding hydrogens is 418 g/mol. The van der Waals surface area contributed by atoms with Crippen molar-refractivity contribution in [2.24, 2.45) is 0 Å². The molecule has 0 saturated carbocycles. The first-order chi connectivity index (χ1) is 15.8. The smallest absolute Gasteiger partial charge is 0.246 e. The van der Waals surface area contributed by atoms with Gasteiger partial charge < -0.3 is 10.2 Å². The number of carbonyl (C=O) groups excluding carboxylic acids is 1. The molecule has 4 heterocycles. The van der Waals surface area contributed by atoms with E-state index in [4.69, 9.17) is 4.98 Å². The van der Waals surface area contributed by atoms with Crippen molar-refractivity contribution in [3.8, 4) is 0 Å². The summed E-state index contributed by atoms with van der Waals surface area (Å²) >= 11 is 1.55. The average molecular weight is 442 g/mol. The molecule has 1 N–H and O–H groups in total. The van der Waals surface area contributed by atoms with Gasteiger partial charge in [0.1, 0.15) is 5.82 Å². The van der Waals surface area contributed by atoms with Crippen molar-refractivity contribution in [1.29, 1.82) is 0 Å². The van der Waals surface area contributed by atoms with Crippen molar-refractivity contribution < 1.29 is 4.79 Å². The molecule has 0 unspecified atom stereocenters. The van der Waals surface area contributed by atoms with Gasteiger partial charge in [0.25, 0.3) is 0 Å². The second kappa shape index (κ2) is 9.28. The van der Waals surface area contributed by atoms with E-state index in [-0.39, 0.29) is 11.8 Å². The number of fused-ring (bicyclic) bond motifs is 1. The Labute approximate surface area is 190 Å². The first-order valence-corrected chi connectivity index (χ1v) is 11.6. The van der Waals surface area contributed by atoms with Crippen LogP contribution in [0.3, 0.4) is 0 Å². The molecule has 4 aromatic rings. The van der Waals surface area contributed by atoms with Crippen molar-refractivity contribution in [3.63, 3.8) is 0 Å². The number of anilines is 2. The first kappa shape index (κ1) is 20.3. The number of rotatable bonds is 5. The van der Waals surface area contributed by atoms with E-state index in [1.54, 1.807) is 36.0 Å². The highest BCUT2D eigenvalue weighted by Crippen LogP contribution is 2.32. The van der Waals surface area contributed by atoms with Gasteiger partial charge in [0, 0.05) is 60.1 Å². The van der Waals surface area contributed by atoms with Crippen LogP contribution in [0, 0.1) is 0 Å². The van der Waals surface area contributed by atoms with E-state index in [1.807, 2.05) is 40.6 Å². The number of hydrogen-bond donors (Lipinski definition) is 1. The monoisotopic (exact) mass is 441 g/mol. The van der Waals surface area contributed by atoms with E-state index in [2.05, 4.69) is 33.5 Å². The lowest BCUT2D eigenvalue weighted by Crippen LogP contribution is -2.38. The number of pyridine rings is 2. The van der Waals surface area contributed by atoms with Crippen LogP contribution in [-0.2, 0) is 4.79 Å². The number of piperidine rings is 1. The van der Waals surface area contributed by atoms with Gasteiger partial charge in [-0.15, -0.1) is 11.3 Å². The van der Waals surface area contributed by atoms with Gasteiger partial charge in [-0.3, -0.25) is 9.78 Å². The summed E-state index contributed by atoms with van der Waals surface area (Å²) < 4.78 is 0. The molecule has 7 heteroatoms. The molecule has 1 saturated heterocycles. The molecule has 160 valence electrons. The molecule has 1 aromatic carbocycles. The molecule has 0 bridgehead atoms. The minimum Gasteiger partial charge on any atom is -0.338 e. The van der Waals surface area contributed by atoms with Gasteiger partial charge in [-0.2, -0.15) is 0 Å². The zero-order valence-electron chi connectivity index (χ0n) is 17.5. The SMILES string of the molecule is O=C(/C=C/c1cccnc1)N1CCC[C@H](c2cc3ccccc3c(Nc3nccs3)n2)C1. The molecule has 32 heavy (non-hydrogen) atoms. The average Bonchev–Trinajstić information content (AvgIpc) is 3.36. The summed E-state index contributed by atoms with van der Waals surface area (Å²) in [6, 6.07) is 14.2. The molecule has 0 radical (unpaired) electrons. The molecule has 3 aromatic heterocycles. The van der Waals surface area contributed by atoms with E-state index >= 15 is 0 Å². The van der Waals surface area contributed by atoms with Gasteiger partial charge >= 0.3 is 0 Å². The maximum atomic E-state index is 12.8. The number of thiazole rings is 1. The topological polar surface area (TPSA) is 71.0 Å². The normalized spacial score (nSPS) is 16.5. The lowest BCUT2D eigenvalue weighted by Gasteiger charge is -2.32. The highest BCUT2D eigenvalue weighted by molar-refractivity contribution is 7.13. The van der Waals surface area contributed by atoms with E-state index in [1.165, 1.54) is 0 Å². The van der Waals surface area contributed by atoms with Crippen molar-refractivity contribution in [2.75, 3.05) is 18.4 Å². The van der Waals surface area contributed by atoms with Gasteiger partial charge in [-0.05, 0) is 42.0 Å². The summed E-state index contributed by atoms with van der Waals surface area (Å²) in [4.78, 5) is 28.2. The van der Waals surface area contributed by atoms with Crippen molar-refractivity contribution in [1.82, 2.24) is 19.9 Å². The van der Waals surface area contributed by atoms with E-state index in [0.29, 0.717) is 6.54 Å². The molecule has 1 atom stereocenters. The van der Waals surface area contributed by atoms with Crippen molar-refractivity contribution >= 4 is 45.0 Å². The number of benzene rings is 1. The van der Waals surface area contributed by atoms with Gasteiger partial charge in [0.15, 0.2) is 5.13 Å². The van der Waals surface area contributed by atoms with E-state index < -0.39 is 0 Å². The summed E-state index contributed by atoms with van der Waals surface area (Å²) in [6.45, 7) is 1.43. The molecule has 1 fully saturated rings. The lowest BCUT2D eigenvalue weighted by atomic mass is 9.93. The highest BCUT2D eigenvalue weighted by Gasteiger charge is 2.25. The van der Waals surface area contributed by atoms with Crippen LogP contribution in [0.15, 0.2) is 72.5 Å². The number of hydrogen-bond acceptors (Lipinski definition) is 6. The molecular formula is C25H23N5OS. The number of amides is 1. The van der Waals surface area contributed by atoms with Gasteiger partial charge in [0.05, 0.1) is 0 Å². The van der Waals surface area contributed by atoms with Crippen LogP contribution in [-0.4, -0.2) is 38.8 Å². The van der Waals surface area contributed by atoms with Crippen LogP contribution in [0.5, 0.6) is 0 Å². The molecule has 1 amide bonds. The van der Waals surface area contributed by atoms with Crippen LogP contribution in [0.2, 0.25) is 0 Å². The number of nitrogens with zero attached hydrogens (tertiary/aromatic N) is 4. The predicted molar refractivity (Wildman–Crippen MR) is 129 cm³/mol. The molecule has 5 rings (SSSR count). The quantitative estimate of drug-likeness (QED) is 0.428. The Morgan fingerprint density at radius 3 is 2.97 bits per heavy atom. The summed E-state index contributed by atoms with van der Waals surface area (Å²) in [5, 5.41) is 8.34. The fourth-order valence-corrected chi connectivity index (χ4v) is 4.60. The number of carbonyl (C=O) groups is 1. The Hall–Kier alpha value is -3.58. The van der Waals surface area contributed by atoms with E-state index in [0.717, 1.165) is 52.4 Å². The molecule has 0 aliphatic carbocycles. The van der Waals surface area contributed by atoms with Crippen LogP contribution >= 0.6 is 11.3 Å². The summed E-state index contributed by atoms with van der Waals surface area (Å²) in [7, 11) is 0. The Kier molecular flexibility index (Phi) is 5.89. The summed E-state index contributed by atoms with van der Waals surface area (Å²) in [5.41, 5.74) is 1.93. The Bertz CT molecular complexity index is 1240. The highest BCUT2D eigenvalue weighted by atomic mass is 32.1. The van der Waals surface area contributed by atoms with Crippen LogP contribution in [0.1, 0.15) is 30.0 Å². The second-order valence-corrected chi connectivity index (χ2v) is 8.72. The zero-order valence-corrected chi connectivity index (χ0v) is 18.3. The predicted octanol–water partition coefficient (Wildman–Crippen LogP) is 5.25. The third-order valence-electron chi connectivity index (χ3n) is 5.67. The second-order valence-electron chi connectivity index (χ2n) is 7.82. The number of aromatic nitrogens is 3. The molecule has 6 nitrogen and oxygen atoms in total. The standard InChI is InChI=1S/C25H23N5OS/c31-23(10-9-18-5-3-11-26-16-18)30-13-4-7-20(17-30)22-15-19-6-1-2-8-21(19)24(28-22)29-25-27-12-14-32-25/h1-3,5-6,8-12,14-16,20H,4,7,13,17H2,(H,27,28,29)/b10-9+/t20-/m0/s1. The van der Waals surface area contributed by atoms with Gasteiger partial charge in [-0.1, -0.05) is 30.3 Å². The summed E-state index contributed by atoms with van der Waals surface area (Å²) in [5.74, 6) is 1.04. The Balaban J connectivity index is 1.38. The van der Waals surface area contributed by atoms with Gasteiger partial charge in [0.2, 0.25) is 5.91 Å². The first-order valence-electron chi connectivity index (χ1n) is 10.7. The maximum Gasteiger partial charge on any atom is 0.246 e. The van der Waals surface area contributed by atoms with Crippen molar-refractivity contribution in [2.45, 2.75) is 18.8 Å². The zero-order chi connectivity index (χ0) is 21.8. The van der Waals surface area contributed by atoms with Gasteiger partial charge in [-0.25, -0.2) is 9.97 Å². The minimum absolute atomic E-state index is 0.0282. The minimum atomic E-state index is 0.0282. The van der Waals surface area contributed by atoms with Crippen LogP contribution < -0.4 is 5.32 Å². The Morgan fingerprint density at radius 2 is 2.12 bits per heavy atom. The molecule has 1 aliphatic heterocycles. The number of nitrogens with one attached hydrogen (secondary N) is 1. The van der Waals surface area contributed by atoms with Crippen LogP contribution in [0.4, 0.5) is 10.9 Å². The maximum absolute atomic E-state index is 12.8. The van der Waals surface area contributed by atoms with Crippen LogP contribution in [0.25, 0.3) is 16.8 Å². The largest absolute Gasteiger partial charge is 0.338 e. The number of likely N-dealkylation sites (tertiary alicyclic amines) is 1. The molecule has 0 spiro atoms. The third kappa shape index (κ3) is 4.53. The summed E-state index contributed by atoms with van der Waals surface area (Å²) in [6.07, 6.45) is 10.7. The van der Waals surface area contributed by atoms with E-state index in [9.17, 15) is 4.79 Å². The fraction of sp³-hybridized carbons (Fsp3) is 0.200. The van der Waals surface area contributed by atoms with Crippen molar-refractivity contribution in [3.05, 3.63) is 83.8 Å². The molecule has 1 aliphatic rings. The third-order valence-corrected chi connectivity index (χ3v) is 6.36.